The molecule has 8 nitrogen and oxygen atoms in total. The molecule has 6 aliphatic carbocycles. The summed E-state index contributed by atoms with van der Waals surface area (Å²) in [6.07, 6.45) is 0. The molecule has 4 unspecified atom stereocenters. The van der Waals surface area contributed by atoms with E-state index in [4.69, 9.17) is 0 Å². The van der Waals surface area contributed by atoms with Crippen molar-refractivity contribution in [2.75, 3.05) is 0 Å². The Morgan fingerprint density at radius 2 is 0.605 bits per heavy atom. The Balaban J connectivity index is 1.57. The molecule has 8 heteroatoms. The maximum Gasteiger partial charge on any atom is 0.333 e. The SMILES string of the molecule is O=C(O)C1=C(C(=O)O)C2c3ccccc3C1c1cc3c(cc12)C1C(C(=O)O)=C(C(=O)O)C3c2ccccc21. The fraction of sp³-hybridized carbons (Fsp3) is 0.133. The normalized spacial score (nSPS) is 23.4. The average molecular weight is 506 g/mol. The van der Waals surface area contributed by atoms with E-state index >= 15 is 0 Å². The van der Waals surface area contributed by atoms with Gasteiger partial charge in [-0.05, 0) is 44.5 Å². The van der Waals surface area contributed by atoms with Crippen LogP contribution in [0.4, 0.5) is 0 Å². The molecule has 9 rings (SSSR count). The molecule has 4 atom stereocenters. The predicted molar refractivity (Wildman–Crippen MR) is 131 cm³/mol. The number of hydrogen-bond acceptors (Lipinski definition) is 4. The third-order valence-corrected chi connectivity index (χ3v) is 8.43. The average Bonchev–Trinajstić information content (AvgIpc) is 2.90. The summed E-state index contributed by atoms with van der Waals surface area (Å²) in [7, 11) is 0. The minimum Gasteiger partial charge on any atom is -0.478 e. The van der Waals surface area contributed by atoms with Gasteiger partial charge in [-0.1, -0.05) is 60.7 Å². The van der Waals surface area contributed by atoms with Crippen LogP contribution in [0.5, 0.6) is 0 Å². The lowest BCUT2D eigenvalue weighted by Gasteiger charge is -2.45. The van der Waals surface area contributed by atoms with Crippen molar-refractivity contribution >= 4 is 23.9 Å². The summed E-state index contributed by atoms with van der Waals surface area (Å²) < 4.78 is 0. The molecule has 0 heterocycles. The molecule has 3 aromatic carbocycles. The second kappa shape index (κ2) is 7.29. The van der Waals surface area contributed by atoms with Crippen LogP contribution in [0.1, 0.15) is 68.2 Å². The van der Waals surface area contributed by atoms with E-state index in [1.54, 1.807) is 60.7 Å². The smallest absolute Gasteiger partial charge is 0.333 e. The Hall–Kier alpha value is -4.98. The van der Waals surface area contributed by atoms with Crippen molar-refractivity contribution in [2.45, 2.75) is 23.7 Å². The summed E-state index contributed by atoms with van der Waals surface area (Å²) in [6.45, 7) is 0. The molecule has 38 heavy (non-hydrogen) atoms. The molecule has 6 aliphatic rings. The summed E-state index contributed by atoms with van der Waals surface area (Å²) in [5.41, 5.74) is 4.47. The molecule has 0 spiro atoms. The zero-order valence-corrected chi connectivity index (χ0v) is 19.5. The van der Waals surface area contributed by atoms with Gasteiger partial charge >= 0.3 is 23.9 Å². The predicted octanol–water partition coefficient (Wildman–Crippen LogP) is 3.80. The monoisotopic (exact) mass is 506 g/mol. The molecule has 0 saturated heterocycles. The molecule has 4 bridgehead atoms. The number of carboxylic acids is 4. The van der Waals surface area contributed by atoms with Gasteiger partial charge in [-0.2, -0.15) is 0 Å². The van der Waals surface area contributed by atoms with Gasteiger partial charge in [-0.15, -0.1) is 0 Å². The highest BCUT2D eigenvalue weighted by molar-refractivity contribution is 6.06. The maximum absolute atomic E-state index is 12.4. The van der Waals surface area contributed by atoms with E-state index in [1.807, 2.05) is 0 Å². The Morgan fingerprint density at radius 1 is 0.395 bits per heavy atom. The fourth-order valence-corrected chi connectivity index (χ4v) is 7.23. The largest absolute Gasteiger partial charge is 0.478 e. The minimum atomic E-state index is -1.32. The van der Waals surface area contributed by atoms with E-state index in [0.29, 0.717) is 44.5 Å². The van der Waals surface area contributed by atoms with E-state index in [1.165, 1.54) is 0 Å². The number of rotatable bonds is 4. The first-order chi connectivity index (χ1) is 18.2. The first-order valence-electron chi connectivity index (χ1n) is 12.0. The van der Waals surface area contributed by atoms with Crippen LogP contribution in [-0.4, -0.2) is 44.3 Å². The van der Waals surface area contributed by atoms with Crippen molar-refractivity contribution in [3.05, 3.63) is 127 Å². The van der Waals surface area contributed by atoms with Gasteiger partial charge in [0.1, 0.15) is 0 Å². The highest BCUT2D eigenvalue weighted by Gasteiger charge is 2.52. The lowest BCUT2D eigenvalue weighted by atomic mass is 9.56. The summed E-state index contributed by atoms with van der Waals surface area (Å²) in [5.74, 6) is -8.69. The van der Waals surface area contributed by atoms with Crippen LogP contribution in [0, 0.1) is 0 Å². The van der Waals surface area contributed by atoms with Crippen molar-refractivity contribution < 1.29 is 39.6 Å². The Morgan fingerprint density at radius 3 is 0.789 bits per heavy atom. The minimum absolute atomic E-state index is 0.199. The van der Waals surface area contributed by atoms with E-state index in [9.17, 15) is 39.6 Å². The van der Waals surface area contributed by atoms with Crippen molar-refractivity contribution in [2.24, 2.45) is 0 Å². The van der Waals surface area contributed by atoms with Gasteiger partial charge in [0.05, 0.1) is 22.3 Å². The van der Waals surface area contributed by atoms with Gasteiger partial charge in [-0.25, -0.2) is 19.2 Å². The van der Waals surface area contributed by atoms with Gasteiger partial charge in [0, 0.05) is 23.7 Å². The van der Waals surface area contributed by atoms with Crippen molar-refractivity contribution in [3.63, 3.8) is 0 Å². The molecule has 3 aromatic rings. The van der Waals surface area contributed by atoms with E-state index < -0.39 is 47.5 Å². The van der Waals surface area contributed by atoms with Crippen LogP contribution >= 0.6 is 0 Å². The standard InChI is InChI=1S/C30H18O8/c31-27(32)23-19-11-5-1-2-6-12(11)20(24(23)28(33)34)16-10-18-17(9-15(16)19)21-13-7-3-4-8-14(13)22(18)26(30(37)38)25(21)29(35)36/h1-10,19-22H,(H,31,32)(H,33,34)(H,35,36)(H,37,38). The van der Waals surface area contributed by atoms with Gasteiger partial charge in [0.2, 0.25) is 0 Å². The van der Waals surface area contributed by atoms with Gasteiger partial charge in [0.25, 0.3) is 0 Å². The first-order valence-corrected chi connectivity index (χ1v) is 12.0. The van der Waals surface area contributed by atoms with E-state index in [-0.39, 0.29) is 22.3 Å². The Labute approximate surface area is 214 Å². The zero-order valence-electron chi connectivity index (χ0n) is 19.5. The highest BCUT2D eigenvalue weighted by atomic mass is 16.4. The van der Waals surface area contributed by atoms with Crippen molar-refractivity contribution in [1.82, 2.24) is 0 Å². The molecule has 0 aliphatic heterocycles. The van der Waals surface area contributed by atoms with Crippen LogP contribution in [0.25, 0.3) is 0 Å². The van der Waals surface area contributed by atoms with Crippen molar-refractivity contribution in [1.29, 1.82) is 0 Å². The molecule has 0 fully saturated rings. The highest BCUT2D eigenvalue weighted by Crippen LogP contribution is 2.61. The van der Waals surface area contributed by atoms with Crippen LogP contribution < -0.4 is 0 Å². The molecule has 186 valence electrons. The first kappa shape index (κ1) is 22.2. The zero-order chi connectivity index (χ0) is 26.6. The van der Waals surface area contributed by atoms with Crippen LogP contribution in [0.2, 0.25) is 0 Å². The number of carboxylic acid groups (broad SMARTS) is 4. The second-order valence-corrected chi connectivity index (χ2v) is 9.98. The molecule has 4 N–H and O–H groups in total. The molecule has 0 amide bonds. The summed E-state index contributed by atoms with van der Waals surface area (Å²) in [6, 6.07) is 17.9. The van der Waals surface area contributed by atoms with Gasteiger partial charge < -0.3 is 20.4 Å². The molecule has 0 radical (unpaired) electrons. The maximum atomic E-state index is 12.4. The Bertz CT molecular complexity index is 1510. The fourth-order valence-electron chi connectivity index (χ4n) is 7.23. The van der Waals surface area contributed by atoms with E-state index in [2.05, 4.69) is 0 Å². The lowest BCUT2D eigenvalue weighted by molar-refractivity contribution is -0.136. The number of benzene rings is 3. The van der Waals surface area contributed by atoms with Crippen LogP contribution in [0.3, 0.4) is 0 Å². The van der Waals surface area contributed by atoms with Gasteiger partial charge in [0.15, 0.2) is 0 Å². The number of carbonyl (C=O) groups is 4. The van der Waals surface area contributed by atoms with Crippen molar-refractivity contribution in [3.8, 4) is 0 Å². The summed E-state index contributed by atoms with van der Waals surface area (Å²) >= 11 is 0. The summed E-state index contributed by atoms with van der Waals surface area (Å²) in [4.78, 5) is 49.8. The lowest BCUT2D eigenvalue weighted by Crippen LogP contribution is -2.37. The topological polar surface area (TPSA) is 149 Å². The molecule has 0 aromatic heterocycles. The molecular formula is C30H18O8. The summed E-state index contributed by atoms with van der Waals surface area (Å²) in [5, 5.41) is 40.6. The molecular weight excluding hydrogens is 488 g/mol. The van der Waals surface area contributed by atoms with Crippen LogP contribution in [-0.2, 0) is 19.2 Å². The third-order valence-electron chi connectivity index (χ3n) is 8.43. The van der Waals surface area contributed by atoms with Crippen LogP contribution in [0.15, 0.2) is 83.0 Å². The molecule has 0 saturated carbocycles. The van der Waals surface area contributed by atoms with E-state index in [0.717, 1.165) is 0 Å². The number of hydrogen-bond donors (Lipinski definition) is 4. The van der Waals surface area contributed by atoms with Gasteiger partial charge in [-0.3, -0.25) is 0 Å². The third kappa shape index (κ3) is 2.53. The Kier molecular flexibility index (Phi) is 4.26. The quantitative estimate of drug-likeness (QED) is 0.418. The number of aliphatic carboxylic acids is 4. The second-order valence-electron chi connectivity index (χ2n) is 9.98.